The summed E-state index contributed by atoms with van der Waals surface area (Å²) in [7, 11) is 2.82. The summed E-state index contributed by atoms with van der Waals surface area (Å²) in [5.74, 6) is 4.11. The Labute approximate surface area is 181 Å². The maximum absolute atomic E-state index is 2.82. The molecule has 4 radical (unpaired) electrons. The van der Waals surface area contributed by atoms with Gasteiger partial charge in [-0.2, -0.15) is 0 Å². The molecule has 2 heteroatoms. The highest BCUT2D eigenvalue weighted by atomic mass is 14.4. The Balaban J connectivity index is 0.00000392. The molecule has 0 spiro atoms. The maximum Gasteiger partial charge on any atom is 0.118 e. The second-order valence-corrected chi connectivity index (χ2v) is 10.0. The molecule has 0 N–H and O–H groups in total. The third-order valence-electron chi connectivity index (χ3n) is 7.71. The molecule has 0 aromatic rings. The van der Waals surface area contributed by atoms with Crippen molar-refractivity contribution in [2.75, 3.05) is 0 Å². The number of unbranched alkanes of at least 4 members (excludes halogenated alkanes) is 12. The summed E-state index contributed by atoms with van der Waals surface area (Å²) in [5.41, 5.74) is 0. The van der Waals surface area contributed by atoms with Crippen molar-refractivity contribution < 1.29 is 0 Å². The molecule has 0 aromatic heterocycles. The molecule has 0 aliphatic carbocycles. The van der Waals surface area contributed by atoms with Gasteiger partial charge in [0.15, 0.2) is 0 Å². The van der Waals surface area contributed by atoms with Crippen molar-refractivity contribution in [3.63, 3.8) is 0 Å². The smallest absolute Gasteiger partial charge is 0.0683 e. The topological polar surface area (TPSA) is 0 Å². The van der Waals surface area contributed by atoms with Gasteiger partial charge in [-0.15, -0.1) is 0 Å². The van der Waals surface area contributed by atoms with Gasteiger partial charge in [0.1, 0.15) is 7.28 Å². The van der Waals surface area contributed by atoms with E-state index in [9.17, 15) is 0 Å². The van der Waals surface area contributed by atoms with E-state index in [0.717, 1.165) is 23.5 Å². The summed E-state index contributed by atoms with van der Waals surface area (Å²) in [4.78, 5) is 0. The molecular weight excluding hydrogens is 334 g/mol. The van der Waals surface area contributed by atoms with E-state index in [0.29, 0.717) is 0 Å². The third-order valence-corrected chi connectivity index (χ3v) is 7.71. The first-order valence-corrected chi connectivity index (χ1v) is 13.2. The molecule has 2 heterocycles. The molecule has 28 heavy (non-hydrogen) atoms. The van der Waals surface area contributed by atoms with Crippen molar-refractivity contribution >= 4 is 15.7 Å². The van der Waals surface area contributed by atoms with E-state index in [1.54, 1.807) is 19.3 Å². The number of rotatable bonds is 16. The molecule has 2 bridgehead atoms. The maximum atomic E-state index is 2.82. The van der Waals surface area contributed by atoms with E-state index < -0.39 is 0 Å². The van der Waals surface area contributed by atoms with Crippen LogP contribution < -0.4 is 0 Å². The van der Waals surface area contributed by atoms with Gasteiger partial charge < -0.3 is 0 Å². The lowest BCUT2D eigenvalue weighted by atomic mass is 9.38. The Morgan fingerprint density at radius 1 is 0.643 bits per heavy atom. The van der Waals surface area contributed by atoms with Gasteiger partial charge in [-0.05, 0) is 11.8 Å². The van der Waals surface area contributed by atoms with Crippen LogP contribution in [0.2, 0.25) is 11.6 Å². The Kier molecular flexibility index (Phi) is 15.8. The van der Waals surface area contributed by atoms with E-state index >= 15 is 0 Å². The fourth-order valence-corrected chi connectivity index (χ4v) is 6.11. The summed E-state index contributed by atoms with van der Waals surface area (Å²) < 4.78 is 0. The quantitative estimate of drug-likeness (QED) is 0.184. The molecule has 2 rings (SSSR count). The van der Waals surface area contributed by atoms with Crippen LogP contribution in [0.3, 0.4) is 0 Å². The van der Waals surface area contributed by atoms with Crippen molar-refractivity contribution in [3.05, 3.63) is 0 Å². The van der Waals surface area contributed by atoms with Crippen molar-refractivity contribution in [1.82, 2.24) is 0 Å². The molecule has 4 atom stereocenters. The van der Waals surface area contributed by atoms with Crippen LogP contribution in [-0.4, -0.2) is 15.7 Å². The SMILES string of the molecule is CCCCCCCCCC1CC2[B]C(CCC2)[C@@H]1CCCCCCCCC.[B]. The highest BCUT2D eigenvalue weighted by molar-refractivity contribution is 6.40. The molecule has 2 aliphatic rings. The molecule has 2 saturated heterocycles. The average Bonchev–Trinajstić information content (AvgIpc) is 2.68. The number of hydrogen-bond acceptors (Lipinski definition) is 0. The fraction of sp³-hybridized carbons (Fsp3) is 1.00. The molecular formula is C26H50B2. The summed E-state index contributed by atoms with van der Waals surface area (Å²) in [5, 5.41) is 0. The van der Waals surface area contributed by atoms with Crippen LogP contribution in [-0.2, 0) is 0 Å². The van der Waals surface area contributed by atoms with E-state index in [1.807, 2.05) is 0 Å². The predicted molar refractivity (Wildman–Crippen MR) is 130 cm³/mol. The van der Waals surface area contributed by atoms with Crippen molar-refractivity contribution in [2.24, 2.45) is 11.8 Å². The zero-order chi connectivity index (χ0) is 19.2. The van der Waals surface area contributed by atoms with Gasteiger partial charge in [-0.25, -0.2) is 0 Å². The van der Waals surface area contributed by atoms with Gasteiger partial charge in [-0.1, -0.05) is 154 Å². The second kappa shape index (κ2) is 16.9. The van der Waals surface area contributed by atoms with Crippen LogP contribution in [0.15, 0.2) is 0 Å². The van der Waals surface area contributed by atoms with E-state index in [2.05, 4.69) is 21.1 Å². The number of hydrogen-bond donors (Lipinski definition) is 0. The van der Waals surface area contributed by atoms with Crippen LogP contribution in [0.5, 0.6) is 0 Å². The first-order chi connectivity index (χ1) is 13.3. The van der Waals surface area contributed by atoms with E-state index in [-0.39, 0.29) is 8.41 Å². The van der Waals surface area contributed by atoms with Crippen molar-refractivity contribution in [3.8, 4) is 0 Å². The summed E-state index contributed by atoms with van der Waals surface area (Å²) >= 11 is 0. The first kappa shape index (κ1) is 26.2. The molecule has 0 saturated carbocycles. The Hall–Kier alpha value is 0.130. The first-order valence-electron chi connectivity index (χ1n) is 13.2. The normalized spacial score (nSPS) is 26.5. The van der Waals surface area contributed by atoms with Gasteiger partial charge in [0, 0.05) is 8.41 Å². The van der Waals surface area contributed by atoms with Crippen molar-refractivity contribution in [1.29, 1.82) is 0 Å². The molecule has 160 valence electrons. The fourth-order valence-electron chi connectivity index (χ4n) is 6.11. The molecule has 0 amide bonds. The minimum atomic E-state index is 0. The second-order valence-electron chi connectivity index (χ2n) is 10.0. The predicted octanol–water partition coefficient (Wildman–Crippen LogP) is 8.99. The molecule has 0 nitrogen and oxygen atoms in total. The minimum absolute atomic E-state index is 0. The van der Waals surface area contributed by atoms with Gasteiger partial charge in [0.25, 0.3) is 0 Å². The van der Waals surface area contributed by atoms with Crippen LogP contribution in [0.25, 0.3) is 0 Å². The highest BCUT2D eigenvalue weighted by Gasteiger charge is 2.39. The van der Waals surface area contributed by atoms with Gasteiger partial charge >= 0.3 is 0 Å². The molecule has 2 aliphatic heterocycles. The van der Waals surface area contributed by atoms with Crippen LogP contribution in [0.1, 0.15) is 142 Å². The van der Waals surface area contributed by atoms with Gasteiger partial charge in [-0.3, -0.25) is 0 Å². The lowest BCUT2D eigenvalue weighted by Crippen LogP contribution is -2.35. The monoisotopic (exact) mass is 384 g/mol. The standard InChI is InChI=1S/C26H50B.B/c1-3-5-7-9-11-13-15-18-23-22-24-19-17-21-26(27-24)25(23)20-16-14-12-10-8-6-4-2;/h23-26H,3-22H2,1-2H3;/t23?,24?,25-,26?;/m1./s1. The summed E-state index contributed by atoms with van der Waals surface area (Å²) in [6.07, 6.45) is 29.8. The Morgan fingerprint density at radius 3 is 1.79 bits per heavy atom. The lowest BCUT2D eigenvalue weighted by Gasteiger charge is -2.45. The molecule has 0 aromatic carbocycles. The zero-order valence-electron chi connectivity index (χ0n) is 19.6. The molecule has 2 fully saturated rings. The van der Waals surface area contributed by atoms with E-state index in [1.165, 1.54) is 109 Å². The third kappa shape index (κ3) is 10.2. The van der Waals surface area contributed by atoms with Crippen LogP contribution in [0, 0.1) is 11.8 Å². The minimum Gasteiger partial charge on any atom is -0.0683 e. The van der Waals surface area contributed by atoms with Gasteiger partial charge in [0.2, 0.25) is 0 Å². The highest BCUT2D eigenvalue weighted by Crippen LogP contribution is 2.51. The van der Waals surface area contributed by atoms with E-state index in [4.69, 9.17) is 0 Å². The summed E-state index contributed by atoms with van der Waals surface area (Å²) in [6, 6.07) is 0. The largest absolute Gasteiger partial charge is 0.118 e. The van der Waals surface area contributed by atoms with Crippen molar-refractivity contribution in [2.45, 2.75) is 154 Å². The van der Waals surface area contributed by atoms with Crippen LogP contribution >= 0.6 is 0 Å². The average molecular weight is 384 g/mol. The lowest BCUT2D eigenvalue weighted by molar-refractivity contribution is 0.201. The Bertz CT molecular complexity index is 343. The zero-order valence-corrected chi connectivity index (χ0v) is 19.6. The van der Waals surface area contributed by atoms with Gasteiger partial charge in [0.05, 0.1) is 0 Å². The molecule has 3 unspecified atom stereocenters. The van der Waals surface area contributed by atoms with Crippen LogP contribution in [0.4, 0.5) is 0 Å². The number of fused-ring (bicyclic) bond motifs is 2. The summed E-state index contributed by atoms with van der Waals surface area (Å²) in [6.45, 7) is 4.64. The Morgan fingerprint density at radius 2 is 1.18 bits per heavy atom.